The van der Waals surface area contributed by atoms with Crippen LogP contribution in [0.2, 0.25) is 10.0 Å². The monoisotopic (exact) mass is 562 g/mol. The van der Waals surface area contributed by atoms with Crippen LogP contribution in [0, 0.1) is 0 Å². The summed E-state index contributed by atoms with van der Waals surface area (Å²) in [6.07, 6.45) is 0.355. The van der Waals surface area contributed by atoms with Crippen LogP contribution in [0.1, 0.15) is 18.1 Å². The Labute approximate surface area is 218 Å². The van der Waals surface area contributed by atoms with Gasteiger partial charge in [0, 0.05) is 29.6 Å². The zero-order chi connectivity index (χ0) is 24.5. The largest absolute Gasteiger partial charge is 0.483 e. The lowest BCUT2D eigenvalue weighted by Crippen LogP contribution is -2.51. The van der Waals surface area contributed by atoms with Crippen molar-refractivity contribution in [2.75, 3.05) is 13.2 Å². The van der Waals surface area contributed by atoms with Gasteiger partial charge < -0.3 is 15.0 Å². The van der Waals surface area contributed by atoms with E-state index in [9.17, 15) is 9.59 Å². The van der Waals surface area contributed by atoms with E-state index in [-0.39, 0.29) is 25.0 Å². The van der Waals surface area contributed by atoms with Crippen molar-refractivity contribution in [1.82, 2.24) is 10.2 Å². The lowest BCUT2D eigenvalue weighted by Gasteiger charge is -2.31. The molecule has 0 radical (unpaired) electrons. The molecule has 3 aromatic rings. The van der Waals surface area contributed by atoms with Gasteiger partial charge in [0.15, 0.2) is 6.61 Å². The van der Waals surface area contributed by atoms with Gasteiger partial charge in [-0.15, -0.1) is 0 Å². The van der Waals surface area contributed by atoms with Gasteiger partial charge in [-0.3, -0.25) is 9.59 Å². The van der Waals surface area contributed by atoms with Gasteiger partial charge in [-0.05, 0) is 58.2 Å². The summed E-state index contributed by atoms with van der Waals surface area (Å²) in [7, 11) is 0. The molecule has 178 valence electrons. The summed E-state index contributed by atoms with van der Waals surface area (Å²) < 4.78 is 6.42. The predicted molar refractivity (Wildman–Crippen MR) is 139 cm³/mol. The zero-order valence-electron chi connectivity index (χ0n) is 18.6. The zero-order valence-corrected chi connectivity index (χ0v) is 21.7. The molecular formula is C26H25BrCl2N2O3. The molecule has 1 unspecified atom stereocenters. The second-order valence-electron chi connectivity index (χ2n) is 7.58. The average Bonchev–Trinajstić information content (AvgIpc) is 2.82. The first-order valence-electron chi connectivity index (χ1n) is 10.8. The van der Waals surface area contributed by atoms with E-state index < -0.39 is 6.04 Å². The Balaban J connectivity index is 1.91. The smallest absolute Gasteiger partial charge is 0.261 e. The minimum atomic E-state index is -0.747. The number of hydrogen-bond donors (Lipinski definition) is 1. The van der Waals surface area contributed by atoms with E-state index in [0.717, 1.165) is 11.1 Å². The lowest BCUT2D eigenvalue weighted by molar-refractivity contribution is -0.142. The number of halogens is 3. The summed E-state index contributed by atoms with van der Waals surface area (Å²) in [5.74, 6) is -0.0959. The Kier molecular flexibility index (Phi) is 9.81. The van der Waals surface area contributed by atoms with Crippen LogP contribution < -0.4 is 10.1 Å². The van der Waals surface area contributed by atoms with Crippen LogP contribution >= 0.6 is 39.1 Å². The average molecular weight is 564 g/mol. The molecule has 0 fully saturated rings. The highest BCUT2D eigenvalue weighted by atomic mass is 79.9. The molecular weight excluding hydrogens is 539 g/mol. The maximum absolute atomic E-state index is 13.5. The van der Waals surface area contributed by atoms with Gasteiger partial charge in [-0.25, -0.2) is 0 Å². The van der Waals surface area contributed by atoms with E-state index in [0.29, 0.717) is 33.2 Å². The standard InChI is InChI=1S/C26H25BrCl2N2O3/c1-2-30-26(33)23(14-18-8-4-3-5-9-18)31(16-19-10-6-7-11-22(19)29)25(32)17-34-24-13-12-20(28)15-21(24)27/h3-13,15,23H,2,14,16-17H2,1H3,(H,30,33). The van der Waals surface area contributed by atoms with Crippen molar-refractivity contribution in [3.63, 3.8) is 0 Å². The van der Waals surface area contributed by atoms with Crippen LogP contribution in [0.25, 0.3) is 0 Å². The number of nitrogens with zero attached hydrogens (tertiary/aromatic N) is 1. The van der Waals surface area contributed by atoms with Gasteiger partial charge in [-0.2, -0.15) is 0 Å². The van der Waals surface area contributed by atoms with Crippen molar-refractivity contribution < 1.29 is 14.3 Å². The van der Waals surface area contributed by atoms with Crippen molar-refractivity contribution in [2.24, 2.45) is 0 Å². The molecule has 34 heavy (non-hydrogen) atoms. The number of carbonyl (C=O) groups is 2. The molecule has 0 saturated carbocycles. The molecule has 0 heterocycles. The number of carbonyl (C=O) groups excluding carboxylic acids is 2. The highest BCUT2D eigenvalue weighted by Gasteiger charge is 2.31. The highest BCUT2D eigenvalue weighted by molar-refractivity contribution is 9.10. The van der Waals surface area contributed by atoms with Gasteiger partial charge in [0.05, 0.1) is 4.47 Å². The van der Waals surface area contributed by atoms with E-state index in [4.69, 9.17) is 27.9 Å². The number of likely N-dealkylation sites (N-methyl/N-ethyl adjacent to an activating group) is 1. The first kappa shape index (κ1) is 26.1. The van der Waals surface area contributed by atoms with E-state index in [1.807, 2.05) is 55.5 Å². The Morgan fingerprint density at radius 2 is 1.74 bits per heavy atom. The van der Waals surface area contributed by atoms with Crippen LogP contribution in [0.15, 0.2) is 77.3 Å². The van der Waals surface area contributed by atoms with Crippen molar-refractivity contribution in [3.8, 4) is 5.75 Å². The number of nitrogens with one attached hydrogen (secondary N) is 1. The number of rotatable bonds is 10. The third-order valence-corrected chi connectivity index (χ3v) is 6.39. The fourth-order valence-electron chi connectivity index (χ4n) is 3.47. The van der Waals surface area contributed by atoms with Crippen molar-refractivity contribution in [2.45, 2.75) is 25.9 Å². The second-order valence-corrected chi connectivity index (χ2v) is 9.27. The van der Waals surface area contributed by atoms with Crippen molar-refractivity contribution in [1.29, 1.82) is 0 Å². The summed E-state index contributed by atoms with van der Waals surface area (Å²) in [4.78, 5) is 28.2. The third kappa shape index (κ3) is 7.23. The Morgan fingerprint density at radius 3 is 2.41 bits per heavy atom. The summed E-state index contributed by atoms with van der Waals surface area (Å²) in [6.45, 7) is 2.21. The Morgan fingerprint density at radius 1 is 1.03 bits per heavy atom. The maximum atomic E-state index is 13.5. The summed E-state index contributed by atoms with van der Waals surface area (Å²) >= 11 is 15.8. The van der Waals surface area contributed by atoms with Gasteiger partial charge in [-0.1, -0.05) is 71.7 Å². The molecule has 0 spiro atoms. The van der Waals surface area contributed by atoms with Crippen LogP contribution in [-0.4, -0.2) is 35.9 Å². The third-order valence-electron chi connectivity index (χ3n) is 5.17. The molecule has 0 aromatic heterocycles. The SMILES string of the molecule is CCNC(=O)C(Cc1ccccc1)N(Cc1ccccc1Cl)C(=O)COc1ccc(Cl)cc1Br. The van der Waals surface area contributed by atoms with E-state index in [1.54, 1.807) is 24.3 Å². The van der Waals surface area contributed by atoms with E-state index in [1.165, 1.54) is 4.90 Å². The van der Waals surface area contributed by atoms with Crippen molar-refractivity contribution in [3.05, 3.63) is 98.4 Å². The molecule has 0 bridgehead atoms. The second kappa shape index (κ2) is 12.8. The Bertz CT molecular complexity index is 1130. The van der Waals surface area contributed by atoms with Crippen molar-refractivity contribution >= 4 is 50.9 Å². The van der Waals surface area contributed by atoms with Gasteiger partial charge in [0.2, 0.25) is 5.91 Å². The van der Waals surface area contributed by atoms with Gasteiger partial charge in [0.25, 0.3) is 5.91 Å². The molecule has 0 aliphatic rings. The van der Waals surface area contributed by atoms with Crippen LogP contribution in [0.3, 0.4) is 0 Å². The molecule has 8 heteroatoms. The molecule has 0 aliphatic heterocycles. The minimum Gasteiger partial charge on any atom is -0.483 e. The van der Waals surface area contributed by atoms with Crippen LogP contribution in [0.5, 0.6) is 5.75 Å². The lowest BCUT2D eigenvalue weighted by atomic mass is 10.0. The topological polar surface area (TPSA) is 58.6 Å². The fourth-order valence-corrected chi connectivity index (χ4v) is 4.46. The molecule has 3 rings (SSSR count). The van der Waals surface area contributed by atoms with E-state index >= 15 is 0 Å². The predicted octanol–water partition coefficient (Wildman–Crippen LogP) is 5.91. The van der Waals surface area contributed by atoms with E-state index in [2.05, 4.69) is 21.2 Å². The Hall–Kier alpha value is -2.54. The summed E-state index contributed by atoms with van der Waals surface area (Å²) in [6, 6.07) is 21.2. The molecule has 0 saturated heterocycles. The maximum Gasteiger partial charge on any atom is 0.261 e. The number of amides is 2. The molecule has 1 atom stereocenters. The molecule has 0 aliphatic carbocycles. The highest BCUT2D eigenvalue weighted by Crippen LogP contribution is 2.28. The van der Waals surface area contributed by atoms with Gasteiger partial charge in [0.1, 0.15) is 11.8 Å². The number of ether oxygens (including phenoxy) is 1. The quantitative estimate of drug-likeness (QED) is 0.333. The molecule has 1 N–H and O–H groups in total. The van der Waals surface area contributed by atoms with Crippen LogP contribution in [0.4, 0.5) is 0 Å². The number of hydrogen-bond acceptors (Lipinski definition) is 3. The summed E-state index contributed by atoms with van der Waals surface area (Å²) in [5.41, 5.74) is 1.68. The molecule has 3 aromatic carbocycles. The number of benzene rings is 3. The fraction of sp³-hybridized carbons (Fsp3) is 0.231. The summed E-state index contributed by atoms with van der Waals surface area (Å²) in [5, 5.41) is 3.93. The first-order chi connectivity index (χ1) is 16.4. The normalized spacial score (nSPS) is 11.5. The van der Waals surface area contributed by atoms with Gasteiger partial charge >= 0.3 is 0 Å². The molecule has 5 nitrogen and oxygen atoms in total. The first-order valence-corrected chi connectivity index (χ1v) is 12.4. The van der Waals surface area contributed by atoms with Crippen LogP contribution in [-0.2, 0) is 22.6 Å². The molecule has 2 amide bonds. The minimum absolute atomic E-state index is 0.165.